The van der Waals surface area contributed by atoms with Gasteiger partial charge in [-0.1, -0.05) is 17.7 Å². The van der Waals surface area contributed by atoms with E-state index in [-0.39, 0.29) is 9.79 Å². The number of hydrogen-bond donors (Lipinski definition) is 0. The van der Waals surface area contributed by atoms with E-state index in [0.717, 1.165) is 5.56 Å². The van der Waals surface area contributed by atoms with Gasteiger partial charge in [0.2, 0.25) is 9.84 Å². The van der Waals surface area contributed by atoms with Gasteiger partial charge >= 0.3 is 5.63 Å². The second kappa shape index (κ2) is 7.62. The molecule has 140 valence electrons. The lowest BCUT2D eigenvalue weighted by Crippen LogP contribution is -2.16. The fraction of sp³-hybridized carbons (Fsp3) is 0.150. The van der Waals surface area contributed by atoms with Crippen LogP contribution in [0.3, 0.4) is 0 Å². The standard InChI is InChI=1S/C20H18O5S2/c1-13-4-10-16(11-5-13)27(22,23)19-18(26-3)12-17(25-20(19)21)14-6-8-15(24-2)9-7-14/h4-12H,1-3H3. The van der Waals surface area contributed by atoms with Gasteiger partial charge in [0.25, 0.3) is 0 Å². The van der Waals surface area contributed by atoms with Crippen LogP contribution in [0.5, 0.6) is 5.75 Å². The Morgan fingerprint density at radius 3 is 2.19 bits per heavy atom. The van der Waals surface area contributed by atoms with Gasteiger partial charge in [-0.15, -0.1) is 11.8 Å². The van der Waals surface area contributed by atoms with E-state index in [9.17, 15) is 13.2 Å². The molecule has 0 radical (unpaired) electrons. The van der Waals surface area contributed by atoms with Crippen LogP contribution in [-0.4, -0.2) is 21.8 Å². The first kappa shape index (κ1) is 19.3. The van der Waals surface area contributed by atoms with Crippen LogP contribution < -0.4 is 10.4 Å². The molecular formula is C20H18O5S2. The number of benzene rings is 2. The average molecular weight is 402 g/mol. The zero-order valence-electron chi connectivity index (χ0n) is 15.1. The van der Waals surface area contributed by atoms with Gasteiger partial charge in [-0.3, -0.25) is 0 Å². The summed E-state index contributed by atoms with van der Waals surface area (Å²) < 4.78 is 36.4. The van der Waals surface area contributed by atoms with Crippen molar-refractivity contribution in [1.29, 1.82) is 0 Å². The quantitative estimate of drug-likeness (QED) is 0.596. The van der Waals surface area contributed by atoms with Crippen molar-refractivity contribution in [1.82, 2.24) is 0 Å². The minimum atomic E-state index is -3.99. The molecule has 2 aromatic carbocycles. The fourth-order valence-electron chi connectivity index (χ4n) is 2.59. The largest absolute Gasteiger partial charge is 0.497 e. The van der Waals surface area contributed by atoms with Crippen molar-refractivity contribution in [2.45, 2.75) is 21.6 Å². The third-order valence-electron chi connectivity index (χ3n) is 4.07. The lowest BCUT2D eigenvalue weighted by Gasteiger charge is -2.10. The minimum absolute atomic E-state index is 0.0629. The topological polar surface area (TPSA) is 73.6 Å². The molecule has 0 aliphatic heterocycles. The van der Waals surface area contributed by atoms with Gasteiger partial charge in [-0.25, -0.2) is 13.2 Å². The van der Waals surface area contributed by atoms with Crippen molar-refractivity contribution in [3.05, 3.63) is 70.6 Å². The van der Waals surface area contributed by atoms with Gasteiger partial charge in [0.15, 0.2) is 4.90 Å². The van der Waals surface area contributed by atoms with Crippen LogP contribution in [0.25, 0.3) is 11.3 Å². The molecule has 27 heavy (non-hydrogen) atoms. The molecule has 0 aliphatic carbocycles. The summed E-state index contributed by atoms with van der Waals surface area (Å²) in [5.74, 6) is 0.972. The Bertz CT molecular complexity index is 1110. The molecule has 0 fully saturated rings. The van der Waals surface area contributed by atoms with Crippen LogP contribution in [0.2, 0.25) is 0 Å². The normalized spacial score (nSPS) is 11.4. The molecule has 3 rings (SSSR count). The van der Waals surface area contributed by atoms with Gasteiger partial charge in [0.05, 0.1) is 12.0 Å². The van der Waals surface area contributed by atoms with Gasteiger partial charge in [0.1, 0.15) is 11.5 Å². The van der Waals surface area contributed by atoms with Gasteiger partial charge < -0.3 is 9.15 Å². The first-order valence-electron chi connectivity index (χ1n) is 8.05. The second-order valence-electron chi connectivity index (χ2n) is 5.84. The summed E-state index contributed by atoms with van der Waals surface area (Å²) in [5, 5.41) is 0. The Kier molecular flexibility index (Phi) is 5.43. The van der Waals surface area contributed by atoms with E-state index >= 15 is 0 Å². The number of thioether (sulfide) groups is 1. The van der Waals surface area contributed by atoms with E-state index in [1.165, 1.54) is 23.9 Å². The highest BCUT2D eigenvalue weighted by atomic mass is 32.2. The van der Waals surface area contributed by atoms with Gasteiger partial charge in [-0.2, -0.15) is 0 Å². The van der Waals surface area contributed by atoms with Crippen molar-refractivity contribution < 1.29 is 17.6 Å². The van der Waals surface area contributed by atoms with Crippen LogP contribution in [0, 0.1) is 6.92 Å². The molecule has 0 bridgehead atoms. The Balaban J connectivity index is 2.14. The van der Waals surface area contributed by atoms with E-state index in [1.54, 1.807) is 55.8 Å². The lowest BCUT2D eigenvalue weighted by atomic mass is 10.1. The predicted molar refractivity (Wildman–Crippen MR) is 105 cm³/mol. The number of rotatable bonds is 5. The summed E-state index contributed by atoms with van der Waals surface area (Å²) in [7, 11) is -2.42. The molecule has 0 saturated carbocycles. The maximum atomic E-state index is 13.0. The van der Waals surface area contributed by atoms with E-state index in [1.807, 2.05) is 6.92 Å². The summed E-state index contributed by atoms with van der Waals surface area (Å²) >= 11 is 1.19. The zero-order chi connectivity index (χ0) is 19.6. The molecule has 0 atom stereocenters. The Morgan fingerprint density at radius 1 is 1.00 bits per heavy atom. The first-order valence-corrected chi connectivity index (χ1v) is 10.8. The van der Waals surface area contributed by atoms with Crippen molar-refractivity contribution in [2.24, 2.45) is 0 Å². The van der Waals surface area contributed by atoms with E-state index < -0.39 is 15.5 Å². The Labute approximate surface area is 161 Å². The minimum Gasteiger partial charge on any atom is -0.497 e. The Morgan fingerprint density at radius 2 is 1.63 bits per heavy atom. The molecule has 0 amide bonds. The summed E-state index contributed by atoms with van der Waals surface area (Å²) in [4.78, 5) is 12.7. The molecule has 1 heterocycles. The van der Waals surface area contributed by atoms with Crippen LogP contribution in [0.15, 0.2) is 78.5 Å². The van der Waals surface area contributed by atoms with Crippen LogP contribution in [0.1, 0.15) is 5.56 Å². The summed E-state index contributed by atoms with van der Waals surface area (Å²) in [6, 6.07) is 14.9. The van der Waals surface area contributed by atoms with E-state index in [0.29, 0.717) is 22.0 Å². The van der Waals surface area contributed by atoms with Crippen molar-refractivity contribution >= 4 is 21.6 Å². The number of sulfone groups is 1. The van der Waals surface area contributed by atoms with Crippen LogP contribution in [-0.2, 0) is 9.84 Å². The van der Waals surface area contributed by atoms with Crippen LogP contribution in [0.4, 0.5) is 0 Å². The zero-order valence-corrected chi connectivity index (χ0v) is 16.7. The lowest BCUT2D eigenvalue weighted by molar-refractivity contribution is 0.415. The maximum Gasteiger partial charge on any atom is 0.356 e. The Hall–Kier alpha value is -2.51. The number of hydrogen-bond acceptors (Lipinski definition) is 6. The molecule has 0 unspecified atom stereocenters. The number of ether oxygens (including phenoxy) is 1. The van der Waals surface area contributed by atoms with E-state index in [2.05, 4.69) is 0 Å². The van der Waals surface area contributed by atoms with Crippen molar-refractivity contribution in [3.8, 4) is 17.1 Å². The molecule has 3 aromatic rings. The highest BCUT2D eigenvalue weighted by Crippen LogP contribution is 2.31. The molecule has 5 nitrogen and oxygen atoms in total. The molecule has 1 aromatic heterocycles. The molecule has 0 N–H and O–H groups in total. The summed E-state index contributed by atoms with van der Waals surface area (Å²) in [6.45, 7) is 1.86. The van der Waals surface area contributed by atoms with E-state index in [4.69, 9.17) is 9.15 Å². The van der Waals surface area contributed by atoms with Gasteiger partial charge in [0, 0.05) is 10.5 Å². The van der Waals surface area contributed by atoms with Crippen LogP contribution >= 0.6 is 11.8 Å². The molecule has 7 heteroatoms. The highest BCUT2D eigenvalue weighted by Gasteiger charge is 2.27. The first-order chi connectivity index (χ1) is 12.9. The molecule has 0 saturated heterocycles. The van der Waals surface area contributed by atoms with Crippen molar-refractivity contribution in [2.75, 3.05) is 13.4 Å². The molecule has 0 aliphatic rings. The third kappa shape index (κ3) is 3.79. The molecular weight excluding hydrogens is 384 g/mol. The fourth-order valence-corrected chi connectivity index (χ4v) is 4.98. The summed E-state index contributed by atoms with van der Waals surface area (Å²) in [5.41, 5.74) is 0.705. The second-order valence-corrected chi connectivity index (χ2v) is 8.58. The summed E-state index contributed by atoms with van der Waals surface area (Å²) in [6.07, 6.45) is 1.72. The smallest absolute Gasteiger partial charge is 0.356 e. The SMILES string of the molecule is COc1ccc(-c2cc(SC)c(S(=O)(=O)c3ccc(C)cc3)c(=O)o2)cc1. The highest BCUT2D eigenvalue weighted by molar-refractivity contribution is 7.99. The average Bonchev–Trinajstić information content (AvgIpc) is 2.67. The third-order valence-corrected chi connectivity index (χ3v) is 6.78. The number of methoxy groups -OCH3 is 1. The van der Waals surface area contributed by atoms with Crippen molar-refractivity contribution in [3.63, 3.8) is 0 Å². The monoisotopic (exact) mass is 402 g/mol. The molecule has 0 spiro atoms. The van der Waals surface area contributed by atoms with Gasteiger partial charge in [-0.05, 0) is 55.6 Å². The predicted octanol–water partition coefficient (Wildman–Crippen LogP) is 4.18. The maximum absolute atomic E-state index is 13.0. The number of aryl methyl sites for hydroxylation is 1.